The Balaban J connectivity index is 1.83. The molecule has 0 radical (unpaired) electrons. The molecule has 0 unspecified atom stereocenters. The van der Waals surface area contributed by atoms with Gasteiger partial charge in [-0.1, -0.05) is 11.6 Å². The van der Waals surface area contributed by atoms with E-state index in [2.05, 4.69) is 18.9 Å². The lowest BCUT2D eigenvalue weighted by molar-refractivity contribution is -0.137. The number of carbonyl (C=O) groups excluding carboxylic acids is 2. The number of piperazine rings is 1. The highest BCUT2D eigenvalue weighted by atomic mass is 16.2. The lowest BCUT2D eigenvalue weighted by atomic mass is 10.0. The third-order valence-corrected chi connectivity index (χ3v) is 5.76. The molecule has 2 aromatic heterocycles. The van der Waals surface area contributed by atoms with Crippen molar-refractivity contribution in [1.29, 1.82) is 0 Å². The largest absolute Gasteiger partial charge is 0.342 e. The molecule has 1 saturated heterocycles. The van der Waals surface area contributed by atoms with Gasteiger partial charge < -0.3 is 9.80 Å². The fourth-order valence-corrected chi connectivity index (χ4v) is 3.86. The maximum atomic E-state index is 13.6. The summed E-state index contributed by atoms with van der Waals surface area (Å²) in [6.07, 6.45) is 3.72. The lowest BCUT2D eigenvalue weighted by Gasteiger charge is -2.37. The van der Waals surface area contributed by atoms with E-state index in [1.807, 2.05) is 42.1 Å². The molecule has 0 spiro atoms. The third-order valence-electron chi connectivity index (χ3n) is 5.76. The Kier molecular flexibility index (Phi) is 5.05. The highest BCUT2D eigenvalue weighted by molar-refractivity contribution is 6.08. The van der Waals surface area contributed by atoms with Crippen molar-refractivity contribution in [1.82, 2.24) is 24.6 Å². The average molecular weight is 406 g/mol. The number of aryl methyl sites for hydroxylation is 1. The number of rotatable bonds is 3. The van der Waals surface area contributed by atoms with Crippen LogP contribution in [-0.2, 0) is 4.79 Å². The number of hydrogen-bond acceptors (Lipinski definition) is 4. The molecule has 0 aliphatic carbocycles. The molecule has 3 aromatic rings. The second-order valence-electron chi connectivity index (χ2n) is 8.31. The van der Waals surface area contributed by atoms with Crippen LogP contribution in [0, 0.1) is 6.92 Å². The van der Waals surface area contributed by atoms with E-state index in [9.17, 15) is 9.59 Å². The fourth-order valence-electron chi connectivity index (χ4n) is 3.86. The minimum absolute atomic E-state index is 0.0393. The van der Waals surface area contributed by atoms with Crippen LogP contribution in [0.1, 0.15) is 42.7 Å². The molecule has 0 bridgehead atoms. The standard InChI is InChI=1S/C23H27N5O2/c1-14(2)28-13-17(12-24-28)21-11-19(18-10-15(3)6-7-20(18)25-21)23(30)27-9-8-26(5)22(29)16(27)4/h6-7,10-14,16H,8-9H2,1-5H3/t16-/m0/s1. The topological polar surface area (TPSA) is 71.3 Å². The van der Waals surface area contributed by atoms with E-state index in [0.29, 0.717) is 24.3 Å². The summed E-state index contributed by atoms with van der Waals surface area (Å²) in [5.74, 6) is -0.179. The smallest absolute Gasteiger partial charge is 0.255 e. The average Bonchev–Trinajstić information content (AvgIpc) is 3.22. The fraction of sp³-hybridized carbons (Fsp3) is 0.391. The molecule has 156 valence electrons. The first-order valence-corrected chi connectivity index (χ1v) is 10.3. The van der Waals surface area contributed by atoms with Crippen molar-refractivity contribution >= 4 is 22.7 Å². The summed E-state index contributed by atoms with van der Waals surface area (Å²) in [5.41, 5.74) is 3.95. The van der Waals surface area contributed by atoms with Gasteiger partial charge in [-0.15, -0.1) is 0 Å². The predicted octanol–water partition coefficient (Wildman–Crippen LogP) is 3.29. The van der Waals surface area contributed by atoms with Crippen LogP contribution in [0.5, 0.6) is 0 Å². The summed E-state index contributed by atoms with van der Waals surface area (Å²) in [6, 6.07) is 7.50. The maximum absolute atomic E-state index is 13.6. The third kappa shape index (κ3) is 3.44. The van der Waals surface area contributed by atoms with Gasteiger partial charge in [-0.25, -0.2) is 4.98 Å². The summed E-state index contributed by atoms with van der Waals surface area (Å²) < 4.78 is 1.87. The molecule has 1 aromatic carbocycles. The number of aromatic nitrogens is 3. The van der Waals surface area contributed by atoms with Gasteiger partial charge in [-0.2, -0.15) is 5.10 Å². The van der Waals surface area contributed by atoms with Crippen molar-refractivity contribution in [3.8, 4) is 11.3 Å². The summed E-state index contributed by atoms with van der Waals surface area (Å²) in [4.78, 5) is 34.2. The van der Waals surface area contributed by atoms with E-state index in [1.54, 1.807) is 30.0 Å². The van der Waals surface area contributed by atoms with Gasteiger partial charge in [0, 0.05) is 43.3 Å². The van der Waals surface area contributed by atoms with Crippen molar-refractivity contribution in [2.24, 2.45) is 0 Å². The maximum Gasteiger partial charge on any atom is 0.255 e. The summed E-state index contributed by atoms with van der Waals surface area (Å²) in [5, 5.41) is 5.22. The molecular weight excluding hydrogens is 378 g/mol. The summed E-state index contributed by atoms with van der Waals surface area (Å²) in [6.45, 7) is 8.96. The molecule has 2 amide bonds. The summed E-state index contributed by atoms with van der Waals surface area (Å²) in [7, 11) is 1.77. The molecule has 0 saturated carbocycles. The monoisotopic (exact) mass is 405 g/mol. The zero-order valence-electron chi connectivity index (χ0n) is 18.1. The van der Waals surface area contributed by atoms with Crippen LogP contribution in [0.15, 0.2) is 36.7 Å². The van der Waals surface area contributed by atoms with Crippen LogP contribution in [-0.4, -0.2) is 62.6 Å². The molecule has 7 nitrogen and oxygen atoms in total. The predicted molar refractivity (Wildman–Crippen MR) is 116 cm³/mol. The van der Waals surface area contributed by atoms with Crippen LogP contribution < -0.4 is 0 Å². The Hall–Kier alpha value is -3.22. The van der Waals surface area contributed by atoms with Crippen LogP contribution in [0.3, 0.4) is 0 Å². The number of benzene rings is 1. The number of pyridine rings is 1. The van der Waals surface area contributed by atoms with Gasteiger partial charge in [0.15, 0.2) is 0 Å². The van der Waals surface area contributed by atoms with Gasteiger partial charge in [-0.3, -0.25) is 14.3 Å². The molecule has 7 heteroatoms. The Labute approximate surface area is 176 Å². The normalized spacial score (nSPS) is 17.3. The minimum atomic E-state index is -0.489. The zero-order valence-corrected chi connectivity index (χ0v) is 18.1. The molecular formula is C23H27N5O2. The molecule has 0 N–H and O–H groups in total. The number of amides is 2. The van der Waals surface area contributed by atoms with Crippen LogP contribution >= 0.6 is 0 Å². The van der Waals surface area contributed by atoms with Gasteiger partial charge in [0.2, 0.25) is 5.91 Å². The first-order chi connectivity index (χ1) is 14.3. The lowest BCUT2D eigenvalue weighted by Crippen LogP contribution is -2.56. The van der Waals surface area contributed by atoms with Crippen molar-refractivity contribution in [2.45, 2.75) is 39.8 Å². The molecule has 1 fully saturated rings. The number of hydrogen-bond donors (Lipinski definition) is 0. The first kappa shape index (κ1) is 20.1. The Morgan fingerprint density at radius 1 is 1.20 bits per heavy atom. The van der Waals surface area contributed by atoms with E-state index in [4.69, 9.17) is 4.98 Å². The highest BCUT2D eigenvalue weighted by Gasteiger charge is 2.33. The van der Waals surface area contributed by atoms with E-state index >= 15 is 0 Å². The zero-order chi connectivity index (χ0) is 21.6. The van der Waals surface area contributed by atoms with Crippen LogP contribution in [0.4, 0.5) is 0 Å². The van der Waals surface area contributed by atoms with Gasteiger partial charge in [-0.05, 0) is 45.9 Å². The first-order valence-electron chi connectivity index (χ1n) is 10.3. The van der Waals surface area contributed by atoms with Crippen molar-refractivity contribution < 1.29 is 9.59 Å². The number of fused-ring (bicyclic) bond motifs is 1. The Bertz CT molecular complexity index is 1130. The SMILES string of the molecule is Cc1ccc2nc(-c3cnn(C(C)C)c3)cc(C(=O)N3CCN(C)C(=O)[C@@H]3C)c2c1. The van der Waals surface area contributed by atoms with Crippen molar-refractivity contribution in [3.05, 3.63) is 47.8 Å². The van der Waals surface area contributed by atoms with Gasteiger partial charge >= 0.3 is 0 Å². The van der Waals surface area contributed by atoms with E-state index < -0.39 is 6.04 Å². The van der Waals surface area contributed by atoms with E-state index in [0.717, 1.165) is 22.0 Å². The molecule has 30 heavy (non-hydrogen) atoms. The number of nitrogens with zero attached hydrogens (tertiary/aromatic N) is 5. The molecule has 3 heterocycles. The Morgan fingerprint density at radius 3 is 2.67 bits per heavy atom. The summed E-state index contributed by atoms with van der Waals surface area (Å²) >= 11 is 0. The molecule has 1 aliphatic heterocycles. The van der Waals surface area contributed by atoms with E-state index in [1.165, 1.54) is 0 Å². The number of likely N-dealkylation sites (N-methyl/N-ethyl adjacent to an activating group) is 1. The second kappa shape index (κ2) is 7.55. The van der Waals surface area contributed by atoms with Gasteiger partial charge in [0.1, 0.15) is 6.04 Å². The van der Waals surface area contributed by atoms with Gasteiger partial charge in [0.05, 0.1) is 23.0 Å². The number of carbonyl (C=O) groups is 2. The second-order valence-corrected chi connectivity index (χ2v) is 8.31. The quantitative estimate of drug-likeness (QED) is 0.670. The van der Waals surface area contributed by atoms with E-state index in [-0.39, 0.29) is 17.9 Å². The molecule has 1 aliphatic rings. The van der Waals surface area contributed by atoms with Crippen molar-refractivity contribution in [2.75, 3.05) is 20.1 Å². The van der Waals surface area contributed by atoms with Crippen LogP contribution in [0.2, 0.25) is 0 Å². The minimum Gasteiger partial charge on any atom is -0.342 e. The highest BCUT2D eigenvalue weighted by Crippen LogP contribution is 2.28. The van der Waals surface area contributed by atoms with Gasteiger partial charge in [0.25, 0.3) is 5.91 Å². The Morgan fingerprint density at radius 2 is 1.97 bits per heavy atom. The van der Waals surface area contributed by atoms with Crippen molar-refractivity contribution in [3.63, 3.8) is 0 Å². The van der Waals surface area contributed by atoms with Crippen LogP contribution in [0.25, 0.3) is 22.2 Å². The molecule has 1 atom stereocenters. The molecule has 4 rings (SSSR count).